The summed E-state index contributed by atoms with van der Waals surface area (Å²) in [5.74, 6) is -0.991. The molecule has 0 saturated carbocycles. The number of hydrogen-bond acceptors (Lipinski definition) is 3. The Morgan fingerprint density at radius 1 is 1.56 bits per heavy atom. The van der Waals surface area contributed by atoms with Gasteiger partial charge in [0, 0.05) is 12.7 Å². The summed E-state index contributed by atoms with van der Waals surface area (Å²) in [6.45, 7) is -0.168. The predicted octanol–water partition coefficient (Wildman–Crippen LogP) is 0.568. The van der Waals surface area contributed by atoms with E-state index in [1.54, 1.807) is 0 Å². The van der Waals surface area contributed by atoms with Crippen LogP contribution in [-0.2, 0) is 11.3 Å². The van der Waals surface area contributed by atoms with Crippen LogP contribution in [0, 0.1) is 5.41 Å². The number of aromatic amines is 1. The lowest BCUT2D eigenvalue weighted by atomic mass is 9.85. The molecule has 1 amide bonds. The summed E-state index contributed by atoms with van der Waals surface area (Å²) in [6.07, 6.45) is -1.93. The van der Waals surface area contributed by atoms with Crippen molar-refractivity contribution in [2.75, 3.05) is 13.1 Å². The van der Waals surface area contributed by atoms with E-state index < -0.39 is 17.5 Å². The summed E-state index contributed by atoms with van der Waals surface area (Å²) in [7, 11) is 0. The number of carbonyl (C=O) groups excluding carboxylic acids is 1. The van der Waals surface area contributed by atoms with E-state index in [9.17, 15) is 18.0 Å². The van der Waals surface area contributed by atoms with Crippen LogP contribution in [0.3, 0.4) is 0 Å². The minimum Gasteiger partial charge on any atom is -0.350 e. The molecule has 18 heavy (non-hydrogen) atoms. The highest BCUT2D eigenvalue weighted by atomic mass is 19.4. The Morgan fingerprint density at radius 3 is 2.83 bits per heavy atom. The molecule has 0 spiro atoms. The first kappa shape index (κ1) is 12.9. The van der Waals surface area contributed by atoms with Crippen molar-refractivity contribution in [2.24, 2.45) is 5.41 Å². The smallest absolute Gasteiger partial charge is 0.350 e. The fraction of sp³-hybridized carbons (Fsp3) is 0.600. The summed E-state index contributed by atoms with van der Waals surface area (Å²) in [5.41, 5.74) is -1.75. The first-order valence-corrected chi connectivity index (χ1v) is 5.49. The number of hydrogen-bond donors (Lipinski definition) is 3. The second-order valence-electron chi connectivity index (χ2n) is 4.27. The number of nitrogens with one attached hydrogen (secondary N) is 3. The molecule has 100 valence electrons. The monoisotopic (exact) mass is 262 g/mol. The van der Waals surface area contributed by atoms with Crippen molar-refractivity contribution in [2.45, 2.75) is 19.1 Å². The number of alkyl halides is 3. The first-order valence-electron chi connectivity index (χ1n) is 5.49. The average Bonchev–Trinajstić information content (AvgIpc) is 2.96. The molecule has 0 radical (unpaired) electrons. The van der Waals surface area contributed by atoms with Gasteiger partial charge in [-0.1, -0.05) is 0 Å². The molecule has 1 aromatic heterocycles. The standard InChI is InChI=1S/C10H13F3N4O/c11-10(12,13)9(1-2-14-5-9)8(18)16-4-7-3-15-6-17-7/h3,6,14H,1-2,4-5H2,(H,15,17)(H,16,18). The molecule has 1 aliphatic heterocycles. The lowest BCUT2D eigenvalue weighted by Crippen LogP contribution is -2.52. The molecular formula is C10H13F3N4O. The van der Waals surface area contributed by atoms with Gasteiger partial charge in [0.05, 0.1) is 18.6 Å². The Balaban J connectivity index is 2.05. The topological polar surface area (TPSA) is 69.8 Å². The molecule has 1 aliphatic rings. The summed E-state index contributed by atoms with van der Waals surface area (Å²) < 4.78 is 39.0. The fourth-order valence-electron chi connectivity index (χ4n) is 1.98. The molecule has 1 fully saturated rings. The van der Waals surface area contributed by atoms with Crippen molar-refractivity contribution >= 4 is 5.91 Å². The highest BCUT2D eigenvalue weighted by Gasteiger charge is 2.61. The summed E-state index contributed by atoms with van der Waals surface area (Å²) >= 11 is 0. The number of carbonyl (C=O) groups is 1. The van der Waals surface area contributed by atoms with Gasteiger partial charge in [0.25, 0.3) is 0 Å². The van der Waals surface area contributed by atoms with Gasteiger partial charge < -0.3 is 15.6 Å². The first-order chi connectivity index (χ1) is 8.46. The predicted molar refractivity (Wildman–Crippen MR) is 56.4 cm³/mol. The minimum atomic E-state index is -4.55. The van der Waals surface area contributed by atoms with Crippen LogP contribution in [-0.4, -0.2) is 35.1 Å². The Labute approximate surface area is 101 Å². The van der Waals surface area contributed by atoms with E-state index in [2.05, 4.69) is 20.6 Å². The normalized spacial score (nSPS) is 24.2. The van der Waals surface area contributed by atoms with Crippen LogP contribution >= 0.6 is 0 Å². The molecule has 1 unspecified atom stereocenters. The van der Waals surface area contributed by atoms with Gasteiger partial charge in [-0.25, -0.2) is 4.98 Å². The molecule has 0 aromatic carbocycles. The molecule has 0 aliphatic carbocycles. The van der Waals surface area contributed by atoms with Crippen LogP contribution in [0.1, 0.15) is 12.1 Å². The lowest BCUT2D eigenvalue weighted by molar-refractivity contribution is -0.216. The van der Waals surface area contributed by atoms with E-state index in [-0.39, 0.29) is 26.1 Å². The van der Waals surface area contributed by atoms with Crippen LogP contribution < -0.4 is 10.6 Å². The SMILES string of the molecule is O=C(NCc1cnc[nH]1)C1(C(F)(F)F)CCNC1. The number of nitrogens with zero attached hydrogens (tertiary/aromatic N) is 1. The quantitative estimate of drug-likeness (QED) is 0.745. The van der Waals surface area contributed by atoms with Crippen LogP contribution in [0.4, 0.5) is 13.2 Å². The zero-order chi connectivity index (χ0) is 13.2. The van der Waals surface area contributed by atoms with Crippen LogP contribution in [0.15, 0.2) is 12.5 Å². The second-order valence-corrected chi connectivity index (χ2v) is 4.27. The van der Waals surface area contributed by atoms with Gasteiger partial charge in [-0.2, -0.15) is 13.2 Å². The molecule has 2 rings (SSSR count). The van der Waals surface area contributed by atoms with Crippen molar-refractivity contribution in [3.8, 4) is 0 Å². The Bertz CT molecular complexity index is 409. The third-order valence-corrected chi connectivity index (χ3v) is 3.13. The van der Waals surface area contributed by atoms with E-state index in [0.29, 0.717) is 5.69 Å². The maximum absolute atomic E-state index is 13.0. The molecule has 8 heteroatoms. The van der Waals surface area contributed by atoms with Gasteiger partial charge in [0.15, 0.2) is 5.41 Å². The third kappa shape index (κ3) is 2.20. The van der Waals surface area contributed by atoms with Gasteiger partial charge in [0.2, 0.25) is 5.91 Å². The largest absolute Gasteiger partial charge is 0.404 e. The molecule has 2 heterocycles. The Morgan fingerprint density at radius 2 is 2.33 bits per heavy atom. The van der Waals surface area contributed by atoms with E-state index >= 15 is 0 Å². The maximum atomic E-state index is 13.0. The molecule has 3 N–H and O–H groups in total. The third-order valence-electron chi connectivity index (χ3n) is 3.13. The maximum Gasteiger partial charge on any atom is 0.404 e. The van der Waals surface area contributed by atoms with Crippen LogP contribution in [0.2, 0.25) is 0 Å². The molecular weight excluding hydrogens is 249 g/mol. The summed E-state index contributed by atoms with van der Waals surface area (Å²) in [6, 6.07) is 0. The Hall–Kier alpha value is -1.57. The van der Waals surface area contributed by atoms with Crippen molar-refractivity contribution < 1.29 is 18.0 Å². The highest BCUT2D eigenvalue weighted by molar-refractivity contribution is 5.84. The van der Waals surface area contributed by atoms with E-state index in [1.807, 2.05) is 0 Å². The summed E-state index contributed by atoms with van der Waals surface area (Å²) in [4.78, 5) is 18.2. The van der Waals surface area contributed by atoms with Crippen molar-refractivity contribution in [1.82, 2.24) is 20.6 Å². The van der Waals surface area contributed by atoms with Crippen LogP contribution in [0.25, 0.3) is 0 Å². The van der Waals surface area contributed by atoms with E-state index in [1.165, 1.54) is 12.5 Å². The van der Waals surface area contributed by atoms with Crippen molar-refractivity contribution in [3.63, 3.8) is 0 Å². The number of rotatable bonds is 3. The average molecular weight is 262 g/mol. The number of H-pyrrole nitrogens is 1. The number of imidazole rings is 1. The van der Waals surface area contributed by atoms with E-state index in [4.69, 9.17) is 0 Å². The van der Waals surface area contributed by atoms with Gasteiger partial charge in [-0.15, -0.1) is 0 Å². The van der Waals surface area contributed by atoms with Gasteiger partial charge >= 0.3 is 6.18 Å². The number of amides is 1. The van der Waals surface area contributed by atoms with Crippen molar-refractivity contribution in [3.05, 3.63) is 18.2 Å². The lowest BCUT2D eigenvalue weighted by Gasteiger charge is -2.29. The van der Waals surface area contributed by atoms with E-state index in [0.717, 1.165) is 0 Å². The van der Waals surface area contributed by atoms with Crippen LogP contribution in [0.5, 0.6) is 0 Å². The molecule has 0 bridgehead atoms. The Kier molecular flexibility index (Phi) is 3.29. The molecule has 1 aromatic rings. The summed E-state index contributed by atoms with van der Waals surface area (Å²) in [5, 5.41) is 4.90. The number of aromatic nitrogens is 2. The molecule has 5 nitrogen and oxygen atoms in total. The highest BCUT2D eigenvalue weighted by Crippen LogP contribution is 2.43. The zero-order valence-corrected chi connectivity index (χ0v) is 9.47. The van der Waals surface area contributed by atoms with Crippen molar-refractivity contribution in [1.29, 1.82) is 0 Å². The van der Waals surface area contributed by atoms with Gasteiger partial charge in [0.1, 0.15) is 0 Å². The number of halogens is 3. The molecule has 1 saturated heterocycles. The zero-order valence-electron chi connectivity index (χ0n) is 9.47. The fourth-order valence-corrected chi connectivity index (χ4v) is 1.98. The second kappa shape index (κ2) is 4.60. The minimum absolute atomic E-state index is 0.0106. The van der Waals surface area contributed by atoms with Gasteiger partial charge in [-0.3, -0.25) is 4.79 Å². The van der Waals surface area contributed by atoms with Gasteiger partial charge in [-0.05, 0) is 13.0 Å². The molecule has 1 atom stereocenters.